The van der Waals surface area contributed by atoms with Crippen LogP contribution in [0.15, 0.2) is 42.5 Å². The molecule has 1 saturated heterocycles. The van der Waals surface area contributed by atoms with Crippen LogP contribution < -0.4 is 4.90 Å². The summed E-state index contributed by atoms with van der Waals surface area (Å²) in [6, 6.07) is 18.5. The summed E-state index contributed by atoms with van der Waals surface area (Å²) in [4.78, 5) is 5.22. The summed E-state index contributed by atoms with van der Waals surface area (Å²) < 4.78 is 0. The Morgan fingerprint density at radius 2 is 1.52 bits per heavy atom. The highest BCUT2D eigenvalue weighted by atomic mass is 15.2. The number of rotatable bonds is 3. The van der Waals surface area contributed by atoms with Gasteiger partial charge in [0.05, 0.1) is 11.6 Å². The van der Waals surface area contributed by atoms with Crippen LogP contribution in [-0.2, 0) is 12.8 Å². The summed E-state index contributed by atoms with van der Waals surface area (Å²) in [7, 11) is 0. The average Bonchev–Trinajstić information content (AvgIpc) is 2.95. The van der Waals surface area contributed by atoms with Crippen LogP contribution in [0, 0.1) is 11.3 Å². The zero-order valence-corrected chi connectivity index (χ0v) is 17.3. The summed E-state index contributed by atoms with van der Waals surface area (Å²) in [6.07, 6.45) is 9.14. The zero-order chi connectivity index (χ0) is 19.6. The van der Waals surface area contributed by atoms with Gasteiger partial charge in [-0.05, 0) is 85.4 Å². The Balaban J connectivity index is 1.22. The van der Waals surface area contributed by atoms with Crippen LogP contribution in [0.2, 0.25) is 0 Å². The van der Waals surface area contributed by atoms with Crippen molar-refractivity contribution in [3.05, 3.63) is 64.7 Å². The predicted octanol–water partition coefficient (Wildman–Crippen LogP) is 4.90. The lowest BCUT2D eigenvalue weighted by Gasteiger charge is -2.36. The van der Waals surface area contributed by atoms with Gasteiger partial charge in [-0.15, -0.1) is 0 Å². The number of fused-ring (bicyclic) bond motifs is 1. The molecular formula is C26H31N3. The Labute approximate surface area is 174 Å². The second kappa shape index (κ2) is 8.20. The van der Waals surface area contributed by atoms with Gasteiger partial charge in [0.1, 0.15) is 0 Å². The fraction of sp³-hybridized carbons (Fsp3) is 0.500. The molecule has 5 rings (SSSR count). The minimum absolute atomic E-state index is 0.681. The van der Waals surface area contributed by atoms with Gasteiger partial charge in [-0.1, -0.05) is 24.6 Å². The minimum Gasteiger partial charge on any atom is -0.371 e. The van der Waals surface area contributed by atoms with Gasteiger partial charge in [0.25, 0.3) is 0 Å². The van der Waals surface area contributed by atoms with Crippen LogP contribution in [0.4, 0.5) is 5.69 Å². The number of anilines is 1. The average molecular weight is 386 g/mol. The predicted molar refractivity (Wildman–Crippen MR) is 118 cm³/mol. The Hall–Kier alpha value is -2.31. The molecule has 0 amide bonds. The number of piperidine rings is 1. The van der Waals surface area contributed by atoms with Crippen molar-refractivity contribution in [2.75, 3.05) is 31.1 Å². The quantitative estimate of drug-likeness (QED) is 0.753. The fourth-order valence-electron chi connectivity index (χ4n) is 5.35. The van der Waals surface area contributed by atoms with E-state index >= 15 is 0 Å². The van der Waals surface area contributed by atoms with Crippen molar-refractivity contribution in [3.8, 4) is 6.07 Å². The lowest BCUT2D eigenvalue weighted by Crippen LogP contribution is -2.41. The Morgan fingerprint density at radius 1 is 0.793 bits per heavy atom. The van der Waals surface area contributed by atoms with Crippen molar-refractivity contribution in [3.63, 3.8) is 0 Å². The first-order chi connectivity index (χ1) is 14.3. The monoisotopic (exact) mass is 385 g/mol. The smallest absolute Gasteiger partial charge is 0.0991 e. The molecule has 0 radical (unpaired) electrons. The molecule has 0 atom stereocenters. The molecule has 1 aliphatic carbocycles. The maximum absolute atomic E-state index is 8.99. The number of hydrogen-bond acceptors (Lipinski definition) is 3. The maximum Gasteiger partial charge on any atom is 0.0991 e. The summed E-state index contributed by atoms with van der Waals surface area (Å²) in [5.41, 5.74) is 6.75. The lowest BCUT2D eigenvalue weighted by molar-refractivity contribution is 0.133. The van der Waals surface area contributed by atoms with Gasteiger partial charge in [0.15, 0.2) is 0 Å². The third-order valence-corrected chi connectivity index (χ3v) is 7.49. The SMILES string of the molecule is N#Cc1ccc(N2CCC(c3ccc4c(c3)CCN(C3CCC3)CC4)CC2)cc1. The highest BCUT2D eigenvalue weighted by molar-refractivity contribution is 5.50. The molecule has 1 saturated carbocycles. The zero-order valence-electron chi connectivity index (χ0n) is 17.3. The van der Waals surface area contributed by atoms with E-state index in [1.165, 1.54) is 63.7 Å². The van der Waals surface area contributed by atoms with Gasteiger partial charge < -0.3 is 4.90 Å². The van der Waals surface area contributed by atoms with Gasteiger partial charge in [-0.3, -0.25) is 4.90 Å². The number of nitrogens with zero attached hydrogens (tertiary/aromatic N) is 3. The first-order valence-corrected chi connectivity index (χ1v) is 11.4. The lowest BCUT2D eigenvalue weighted by atomic mass is 9.86. The maximum atomic E-state index is 8.99. The second-order valence-corrected chi connectivity index (χ2v) is 9.07. The summed E-state index contributed by atoms with van der Waals surface area (Å²) in [5, 5.41) is 8.99. The molecule has 3 aliphatic rings. The van der Waals surface area contributed by atoms with Gasteiger partial charge in [-0.25, -0.2) is 0 Å². The number of nitriles is 1. The third kappa shape index (κ3) is 3.91. The van der Waals surface area contributed by atoms with E-state index in [-0.39, 0.29) is 0 Å². The van der Waals surface area contributed by atoms with Crippen LogP contribution in [0.25, 0.3) is 0 Å². The van der Waals surface area contributed by atoms with Crippen molar-refractivity contribution in [2.45, 2.75) is 56.9 Å². The van der Waals surface area contributed by atoms with Gasteiger partial charge in [0.2, 0.25) is 0 Å². The van der Waals surface area contributed by atoms with Crippen molar-refractivity contribution in [2.24, 2.45) is 0 Å². The van der Waals surface area contributed by atoms with E-state index in [2.05, 4.69) is 46.2 Å². The molecule has 2 fully saturated rings. The van der Waals surface area contributed by atoms with Crippen molar-refractivity contribution < 1.29 is 0 Å². The molecule has 150 valence electrons. The van der Waals surface area contributed by atoms with Crippen molar-refractivity contribution in [1.29, 1.82) is 5.26 Å². The molecule has 0 unspecified atom stereocenters. The highest BCUT2D eigenvalue weighted by Crippen LogP contribution is 2.33. The Kier molecular flexibility index (Phi) is 5.29. The molecule has 2 aromatic rings. The fourth-order valence-corrected chi connectivity index (χ4v) is 5.35. The molecule has 3 nitrogen and oxygen atoms in total. The largest absolute Gasteiger partial charge is 0.371 e. The molecule has 0 N–H and O–H groups in total. The van der Waals surface area contributed by atoms with E-state index in [0.717, 1.165) is 24.7 Å². The van der Waals surface area contributed by atoms with E-state index in [9.17, 15) is 0 Å². The van der Waals surface area contributed by atoms with Gasteiger partial charge >= 0.3 is 0 Å². The van der Waals surface area contributed by atoms with E-state index < -0.39 is 0 Å². The van der Waals surface area contributed by atoms with Crippen LogP contribution in [0.3, 0.4) is 0 Å². The topological polar surface area (TPSA) is 30.3 Å². The normalized spacial score (nSPS) is 21.1. The third-order valence-electron chi connectivity index (χ3n) is 7.49. The van der Waals surface area contributed by atoms with Gasteiger partial charge in [-0.2, -0.15) is 5.26 Å². The van der Waals surface area contributed by atoms with E-state index in [0.29, 0.717) is 5.92 Å². The molecule has 0 aromatic heterocycles. The van der Waals surface area contributed by atoms with Crippen LogP contribution in [-0.4, -0.2) is 37.1 Å². The molecular weight excluding hydrogens is 354 g/mol. The molecule has 29 heavy (non-hydrogen) atoms. The molecule has 0 spiro atoms. The first-order valence-electron chi connectivity index (χ1n) is 11.4. The second-order valence-electron chi connectivity index (χ2n) is 9.07. The minimum atomic E-state index is 0.681. The van der Waals surface area contributed by atoms with E-state index in [1.807, 2.05) is 12.1 Å². The molecule has 2 heterocycles. The molecule has 2 aromatic carbocycles. The van der Waals surface area contributed by atoms with Crippen molar-refractivity contribution in [1.82, 2.24) is 4.90 Å². The highest BCUT2D eigenvalue weighted by Gasteiger charge is 2.27. The summed E-state index contributed by atoms with van der Waals surface area (Å²) >= 11 is 0. The standard InChI is InChI=1S/C26H31N3/c27-19-20-4-8-26(9-5-20)29-15-11-22(12-16-29)23-7-6-21-10-14-28(25-2-1-3-25)17-13-24(21)18-23/h4-9,18,22,25H,1-3,10-17H2. The molecule has 2 aliphatic heterocycles. The summed E-state index contributed by atoms with van der Waals surface area (Å²) in [5.74, 6) is 0.681. The van der Waals surface area contributed by atoms with Crippen molar-refractivity contribution >= 4 is 5.69 Å². The summed E-state index contributed by atoms with van der Waals surface area (Å²) in [6.45, 7) is 4.70. The number of benzene rings is 2. The van der Waals surface area contributed by atoms with Crippen LogP contribution in [0.1, 0.15) is 60.3 Å². The van der Waals surface area contributed by atoms with E-state index in [1.54, 1.807) is 16.7 Å². The van der Waals surface area contributed by atoms with Gasteiger partial charge in [0, 0.05) is 37.9 Å². The first kappa shape index (κ1) is 18.7. The molecule has 0 bridgehead atoms. The molecule has 3 heteroatoms. The number of hydrogen-bond donors (Lipinski definition) is 0. The Morgan fingerprint density at radius 3 is 2.17 bits per heavy atom. The van der Waals surface area contributed by atoms with Crippen LogP contribution >= 0.6 is 0 Å². The van der Waals surface area contributed by atoms with E-state index in [4.69, 9.17) is 5.26 Å². The van der Waals surface area contributed by atoms with Crippen LogP contribution in [0.5, 0.6) is 0 Å². The Bertz CT molecular complexity index is 883.